The lowest BCUT2D eigenvalue weighted by atomic mass is 9.96. The van der Waals surface area contributed by atoms with Gasteiger partial charge in [-0.2, -0.15) is 5.10 Å². The third-order valence-corrected chi connectivity index (χ3v) is 6.49. The molecule has 0 bridgehead atoms. The number of carbonyl (C=O) groups is 2. The largest absolute Gasteiger partial charge is 0.466 e. The molecule has 0 unspecified atom stereocenters. The van der Waals surface area contributed by atoms with Gasteiger partial charge in [0.2, 0.25) is 0 Å². The van der Waals surface area contributed by atoms with Crippen molar-refractivity contribution in [3.05, 3.63) is 39.8 Å². The Kier molecular flexibility index (Phi) is 6.49. The average Bonchev–Trinajstić information content (AvgIpc) is 3.43. The molecule has 170 valence electrons. The Morgan fingerprint density at radius 2 is 2.03 bits per heavy atom. The standard InChI is InChI=1S/C23H25Cl2N3O4/c1-13-19-17(27(22(13)23(30)31-3)9-5-11-32-14(2)29)8-7-15(25)20(19)21-16(12-24)26-28-10-4-6-18(21)28/h7-8H,4-6,9-12H2,1-3H3. The fourth-order valence-electron chi connectivity index (χ4n) is 4.66. The van der Waals surface area contributed by atoms with E-state index in [4.69, 9.17) is 37.8 Å². The van der Waals surface area contributed by atoms with E-state index in [0.29, 0.717) is 23.7 Å². The van der Waals surface area contributed by atoms with Gasteiger partial charge in [-0.25, -0.2) is 4.79 Å². The van der Waals surface area contributed by atoms with E-state index in [1.807, 2.05) is 28.3 Å². The molecule has 32 heavy (non-hydrogen) atoms. The lowest BCUT2D eigenvalue weighted by molar-refractivity contribution is -0.141. The number of rotatable bonds is 7. The van der Waals surface area contributed by atoms with Crippen LogP contribution in [0.2, 0.25) is 5.02 Å². The number of aryl methyl sites for hydroxylation is 3. The molecular weight excluding hydrogens is 453 g/mol. The number of hydrogen-bond donors (Lipinski definition) is 0. The molecule has 0 fully saturated rings. The average molecular weight is 478 g/mol. The van der Waals surface area contributed by atoms with Crippen LogP contribution in [-0.4, -0.2) is 40.0 Å². The molecule has 0 spiro atoms. The van der Waals surface area contributed by atoms with Crippen LogP contribution in [0.15, 0.2) is 12.1 Å². The Bertz CT molecular complexity index is 1210. The predicted octanol–water partition coefficient (Wildman–Crippen LogP) is 4.89. The molecule has 0 amide bonds. The van der Waals surface area contributed by atoms with Crippen LogP contribution >= 0.6 is 23.2 Å². The summed E-state index contributed by atoms with van der Waals surface area (Å²) in [4.78, 5) is 23.9. The number of ether oxygens (including phenoxy) is 2. The van der Waals surface area contributed by atoms with Gasteiger partial charge >= 0.3 is 11.9 Å². The summed E-state index contributed by atoms with van der Waals surface area (Å²) in [5.74, 6) is -0.482. The monoisotopic (exact) mass is 477 g/mol. The number of hydrogen-bond acceptors (Lipinski definition) is 5. The van der Waals surface area contributed by atoms with Crippen molar-refractivity contribution in [2.24, 2.45) is 0 Å². The molecule has 3 aromatic rings. The van der Waals surface area contributed by atoms with E-state index in [2.05, 4.69) is 0 Å². The SMILES string of the molecule is COC(=O)c1c(C)c2c(-c3c(CCl)nn4c3CCC4)c(Cl)ccc2n1CCCOC(C)=O. The van der Waals surface area contributed by atoms with Gasteiger partial charge in [0.05, 0.1) is 25.3 Å². The molecular formula is C23H25Cl2N3O4. The molecule has 4 rings (SSSR count). The number of esters is 2. The van der Waals surface area contributed by atoms with Crippen molar-refractivity contribution in [1.82, 2.24) is 14.3 Å². The zero-order valence-corrected chi connectivity index (χ0v) is 19.8. The highest BCUT2D eigenvalue weighted by Crippen LogP contribution is 2.44. The summed E-state index contributed by atoms with van der Waals surface area (Å²) in [5.41, 5.74) is 5.84. The molecule has 0 aliphatic carbocycles. The van der Waals surface area contributed by atoms with Gasteiger partial charge in [-0.1, -0.05) is 11.6 Å². The Morgan fingerprint density at radius 3 is 2.72 bits per heavy atom. The molecule has 3 heterocycles. The molecule has 1 aliphatic heterocycles. The Hall–Kier alpha value is -2.51. The smallest absolute Gasteiger partial charge is 0.354 e. The number of alkyl halides is 1. The summed E-state index contributed by atoms with van der Waals surface area (Å²) in [6.07, 6.45) is 2.48. The van der Waals surface area contributed by atoms with Gasteiger partial charge in [0.25, 0.3) is 0 Å². The maximum absolute atomic E-state index is 12.8. The molecule has 0 N–H and O–H groups in total. The molecule has 7 nitrogen and oxygen atoms in total. The second-order valence-corrected chi connectivity index (χ2v) is 8.53. The van der Waals surface area contributed by atoms with E-state index in [9.17, 15) is 9.59 Å². The summed E-state index contributed by atoms with van der Waals surface area (Å²) in [6, 6.07) is 3.76. The first-order valence-electron chi connectivity index (χ1n) is 10.6. The van der Waals surface area contributed by atoms with Crippen LogP contribution < -0.4 is 0 Å². The molecule has 0 saturated heterocycles. The van der Waals surface area contributed by atoms with E-state index >= 15 is 0 Å². The van der Waals surface area contributed by atoms with Crippen molar-refractivity contribution in [2.45, 2.75) is 52.1 Å². The summed E-state index contributed by atoms with van der Waals surface area (Å²) >= 11 is 13.0. The number of fused-ring (bicyclic) bond motifs is 2. The van der Waals surface area contributed by atoms with Crippen LogP contribution in [0.3, 0.4) is 0 Å². The summed E-state index contributed by atoms with van der Waals surface area (Å²) < 4.78 is 14.1. The van der Waals surface area contributed by atoms with Crippen LogP contribution in [0.5, 0.6) is 0 Å². The normalized spacial score (nSPS) is 12.9. The van der Waals surface area contributed by atoms with E-state index in [1.54, 1.807) is 0 Å². The van der Waals surface area contributed by atoms with Crippen molar-refractivity contribution < 1.29 is 19.1 Å². The second kappa shape index (κ2) is 9.16. The molecule has 0 saturated carbocycles. The van der Waals surface area contributed by atoms with Crippen LogP contribution in [-0.2, 0) is 39.7 Å². The van der Waals surface area contributed by atoms with Gasteiger partial charge < -0.3 is 14.0 Å². The van der Waals surface area contributed by atoms with E-state index in [1.165, 1.54) is 14.0 Å². The number of benzene rings is 1. The third-order valence-electron chi connectivity index (χ3n) is 5.92. The summed E-state index contributed by atoms with van der Waals surface area (Å²) in [6.45, 7) is 4.89. The van der Waals surface area contributed by atoms with Crippen LogP contribution in [0.1, 0.15) is 47.2 Å². The number of aromatic nitrogens is 3. The Morgan fingerprint density at radius 1 is 1.25 bits per heavy atom. The van der Waals surface area contributed by atoms with Crippen molar-refractivity contribution >= 4 is 46.0 Å². The van der Waals surface area contributed by atoms with Gasteiger partial charge in [0, 0.05) is 52.8 Å². The van der Waals surface area contributed by atoms with Crippen LogP contribution in [0.25, 0.3) is 22.0 Å². The van der Waals surface area contributed by atoms with Gasteiger partial charge in [0.1, 0.15) is 5.69 Å². The quantitative estimate of drug-likeness (QED) is 0.275. The number of halogens is 2. The minimum Gasteiger partial charge on any atom is -0.466 e. The lowest BCUT2D eigenvalue weighted by Gasteiger charge is -2.12. The minimum atomic E-state index is -0.425. The molecule has 0 atom stereocenters. The van der Waals surface area contributed by atoms with Gasteiger partial charge in [-0.05, 0) is 43.9 Å². The second-order valence-electron chi connectivity index (χ2n) is 7.86. The maximum Gasteiger partial charge on any atom is 0.354 e. The minimum absolute atomic E-state index is 0.266. The van der Waals surface area contributed by atoms with Gasteiger partial charge in [0.15, 0.2) is 0 Å². The maximum atomic E-state index is 12.8. The van der Waals surface area contributed by atoms with E-state index < -0.39 is 5.97 Å². The fourth-order valence-corrected chi connectivity index (χ4v) is 5.10. The summed E-state index contributed by atoms with van der Waals surface area (Å²) in [7, 11) is 1.37. The number of carbonyl (C=O) groups excluding carboxylic acids is 2. The summed E-state index contributed by atoms with van der Waals surface area (Å²) in [5, 5.41) is 6.17. The first-order chi connectivity index (χ1) is 15.4. The highest BCUT2D eigenvalue weighted by Gasteiger charge is 2.29. The highest BCUT2D eigenvalue weighted by atomic mass is 35.5. The Labute approximate surface area is 196 Å². The lowest BCUT2D eigenvalue weighted by Crippen LogP contribution is -2.13. The molecule has 1 aliphatic rings. The predicted molar refractivity (Wildman–Crippen MR) is 123 cm³/mol. The fraction of sp³-hybridized carbons (Fsp3) is 0.435. The first-order valence-corrected chi connectivity index (χ1v) is 11.5. The highest BCUT2D eigenvalue weighted by molar-refractivity contribution is 6.35. The number of nitrogens with zero attached hydrogens (tertiary/aromatic N) is 3. The molecule has 2 aromatic heterocycles. The van der Waals surface area contributed by atoms with Crippen molar-refractivity contribution in [2.75, 3.05) is 13.7 Å². The number of methoxy groups -OCH3 is 1. The van der Waals surface area contributed by atoms with Crippen LogP contribution in [0.4, 0.5) is 0 Å². The van der Waals surface area contributed by atoms with Crippen molar-refractivity contribution in [3.8, 4) is 11.1 Å². The van der Waals surface area contributed by atoms with Crippen LogP contribution in [0, 0.1) is 6.92 Å². The topological polar surface area (TPSA) is 75.3 Å². The Balaban J connectivity index is 1.94. The van der Waals surface area contributed by atoms with E-state index in [0.717, 1.165) is 58.4 Å². The zero-order valence-electron chi connectivity index (χ0n) is 18.3. The zero-order chi connectivity index (χ0) is 23.0. The van der Waals surface area contributed by atoms with Crippen molar-refractivity contribution in [1.29, 1.82) is 0 Å². The van der Waals surface area contributed by atoms with Gasteiger partial charge in [-0.3, -0.25) is 9.48 Å². The first kappa shape index (κ1) is 22.7. The van der Waals surface area contributed by atoms with E-state index in [-0.39, 0.29) is 18.5 Å². The molecule has 0 radical (unpaired) electrons. The third kappa shape index (κ3) is 3.77. The van der Waals surface area contributed by atoms with Gasteiger partial charge in [-0.15, -0.1) is 11.6 Å². The molecule has 1 aromatic carbocycles. The van der Waals surface area contributed by atoms with Crippen molar-refractivity contribution in [3.63, 3.8) is 0 Å². The molecule has 9 heteroatoms.